The molecule has 0 bridgehead atoms. The number of carbonyl (C=O) groups is 1. The van der Waals surface area contributed by atoms with Gasteiger partial charge in [0.25, 0.3) is 5.91 Å². The molecule has 0 aliphatic rings. The van der Waals surface area contributed by atoms with Crippen LogP contribution in [-0.4, -0.2) is 10.9 Å². The second kappa shape index (κ2) is 6.36. The molecule has 0 saturated carbocycles. The molecule has 0 unspecified atom stereocenters. The number of nitrogens with zero attached hydrogens (tertiary/aromatic N) is 1. The van der Waals surface area contributed by atoms with Crippen LogP contribution in [0.5, 0.6) is 0 Å². The summed E-state index contributed by atoms with van der Waals surface area (Å²) in [5.74, 6) is 5.15. The standard InChI is InChI=1S/C14H15ClN4O/c1-9-6-13(19-16)11(8-17-9)14(20)18-7-10-4-2-3-5-12(10)15/h2-6,8H,7,16H2,1H3,(H,17,19)(H,18,20). The van der Waals surface area contributed by atoms with Crippen LogP contribution in [0.3, 0.4) is 0 Å². The zero-order valence-corrected chi connectivity index (χ0v) is 11.7. The van der Waals surface area contributed by atoms with Gasteiger partial charge in [0.15, 0.2) is 0 Å². The molecule has 2 aromatic rings. The molecule has 0 saturated heterocycles. The Balaban J connectivity index is 2.11. The van der Waals surface area contributed by atoms with Crippen molar-refractivity contribution in [2.24, 2.45) is 5.84 Å². The fraction of sp³-hybridized carbons (Fsp3) is 0.143. The molecule has 104 valence electrons. The number of aryl methyl sites for hydroxylation is 1. The maximum Gasteiger partial charge on any atom is 0.255 e. The Kier molecular flexibility index (Phi) is 4.55. The van der Waals surface area contributed by atoms with Crippen LogP contribution in [0.4, 0.5) is 5.69 Å². The number of carbonyl (C=O) groups excluding carboxylic acids is 1. The highest BCUT2D eigenvalue weighted by molar-refractivity contribution is 6.31. The van der Waals surface area contributed by atoms with E-state index in [1.54, 1.807) is 12.1 Å². The topological polar surface area (TPSA) is 80.0 Å². The summed E-state index contributed by atoms with van der Waals surface area (Å²) >= 11 is 6.04. The van der Waals surface area contributed by atoms with Gasteiger partial charge in [0.1, 0.15) is 0 Å². The quantitative estimate of drug-likeness (QED) is 0.596. The van der Waals surface area contributed by atoms with Crippen molar-refractivity contribution in [2.45, 2.75) is 13.5 Å². The molecule has 4 N–H and O–H groups in total. The molecule has 1 amide bonds. The van der Waals surface area contributed by atoms with Gasteiger partial charge in [0.05, 0.1) is 11.3 Å². The third-order valence-corrected chi connectivity index (χ3v) is 3.21. The number of hydrogen-bond donors (Lipinski definition) is 3. The lowest BCUT2D eigenvalue weighted by Gasteiger charge is -2.10. The molecule has 0 atom stereocenters. The van der Waals surface area contributed by atoms with Crippen molar-refractivity contribution < 1.29 is 4.79 Å². The van der Waals surface area contributed by atoms with Gasteiger partial charge >= 0.3 is 0 Å². The van der Waals surface area contributed by atoms with Crippen LogP contribution in [0, 0.1) is 6.92 Å². The summed E-state index contributed by atoms with van der Waals surface area (Å²) in [6.45, 7) is 2.17. The number of pyridine rings is 1. The second-order valence-electron chi connectivity index (χ2n) is 4.29. The summed E-state index contributed by atoms with van der Waals surface area (Å²) in [6.07, 6.45) is 1.49. The van der Waals surface area contributed by atoms with Crippen LogP contribution in [0.2, 0.25) is 5.02 Å². The number of hydrazine groups is 1. The van der Waals surface area contributed by atoms with Gasteiger partial charge in [0.2, 0.25) is 0 Å². The average Bonchev–Trinajstić information content (AvgIpc) is 2.46. The summed E-state index contributed by atoms with van der Waals surface area (Å²) in [5, 5.41) is 3.41. The monoisotopic (exact) mass is 290 g/mol. The van der Waals surface area contributed by atoms with E-state index in [9.17, 15) is 4.79 Å². The Morgan fingerprint density at radius 2 is 2.15 bits per heavy atom. The lowest BCUT2D eigenvalue weighted by molar-refractivity contribution is 0.0951. The Bertz CT molecular complexity index is 630. The molecule has 1 aromatic carbocycles. The Morgan fingerprint density at radius 1 is 1.40 bits per heavy atom. The number of halogens is 1. The zero-order valence-electron chi connectivity index (χ0n) is 11.0. The lowest BCUT2D eigenvalue weighted by Crippen LogP contribution is -2.25. The maximum absolute atomic E-state index is 12.1. The van der Waals surface area contributed by atoms with E-state index in [1.165, 1.54) is 6.20 Å². The van der Waals surface area contributed by atoms with Crippen LogP contribution < -0.4 is 16.6 Å². The van der Waals surface area contributed by atoms with Gasteiger partial charge in [-0.1, -0.05) is 29.8 Å². The Morgan fingerprint density at radius 3 is 2.85 bits per heavy atom. The molecule has 0 spiro atoms. The van der Waals surface area contributed by atoms with Crippen LogP contribution in [-0.2, 0) is 6.54 Å². The number of hydrogen-bond acceptors (Lipinski definition) is 4. The number of benzene rings is 1. The third-order valence-electron chi connectivity index (χ3n) is 2.84. The number of anilines is 1. The largest absolute Gasteiger partial charge is 0.348 e. The SMILES string of the molecule is Cc1cc(NN)c(C(=O)NCc2ccccc2Cl)cn1. The van der Waals surface area contributed by atoms with E-state index in [-0.39, 0.29) is 5.91 Å². The number of nitrogens with one attached hydrogen (secondary N) is 2. The van der Waals surface area contributed by atoms with E-state index in [1.807, 2.05) is 25.1 Å². The first-order chi connectivity index (χ1) is 9.61. The molecule has 0 aliphatic carbocycles. The highest BCUT2D eigenvalue weighted by atomic mass is 35.5. The van der Waals surface area contributed by atoms with Gasteiger partial charge in [-0.15, -0.1) is 0 Å². The number of nitrogens with two attached hydrogens (primary N) is 1. The Labute approximate surface area is 122 Å². The maximum atomic E-state index is 12.1. The normalized spacial score (nSPS) is 10.2. The smallest absolute Gasteiger partial charge is 0.255 e. The molecule has 0 radical (unpaired) electrons. The summed E-state index contributed by atoms with van der Waals surface area (Å²) < 4.78 is 0. The minimum Gasteiger partial charge on any atom is -0.348 e. The number of nitrogen functional groups attached to an aromatic ring is 1. The molecule has 0 fully saturated rings. The number of amides is 1. The first-order valence-corrected chi connectivity index (χ1v) is 6.44. The molecule has 2 rings (SSSR count). The van der Waals surface area contributed by atoms with Crippen LogP contribution in [0.1, 0.15) is 21.6 Å². The van der Waals surface area contributed by atoms with Crippen molar-refractivity contribution in [1.29, 1.82) is 0 Å². The van der Waals surface area contributed by atoms with Crippen molar-refractivity contribution in [1.82, 2.24) is 10.3 Å². The summed E-state index contributed by atoms with van der Waals surface area (Å²) in [6, 6.07) is 9.06. The van der Waals surface area contributed by atoms with Gasteiger partial charge in [-0.25, -0.2) is 0 Å². The zero-order chi connectivity index (χ0) is 14.5. The molecular weight excluding hydrogens is 276 g/mol. The van der Waals surface area contributed by atoms with Gasteiger partial charge in [-0.2, -0.15) is 0 Å². The van der Waals surface area contributed by atoms with E-state index in [2.05, 4.69) is 15.7 Å². The van der Waals surface area contributed by atoms with Gasteiger partial charge in [-0.05, 0) is 24.6 Å². The molecule has 6 heteroatoms. The van der Waals surface area contributed by atoms with E-state index < -0.39 is 0 Å². The highest BCUT2D eigenvalue weighted by Gasteiger charge is 2.12. The predicted octanol–water partition coefficient (Wildman–Crippen LogP) is 2.26. The first kappa shape index (κ1) is 14.3. The summed E-state index contributed by atoms with van der Waals surface area (Å²) in [4.78, 5) is 16.2. The van der Waals surface area contributed by atoms with E-state index in [4.69, 9.17) is 17.4 Å². The van der Waals surface area contributed by atoms with Gasteiger partial charge in [-0.3, -0.25) is 15.6 Å². The molecule has 20 heavy (non-hydrogen) atoms. The molecule has 1 heterocycles. The highest BCUT2D eigenvalue weighted by Crippen LogP contribution is 2.16. The van der Waals surface area contributed by atoms with Gasteiger partial charge < -0.3 is 10.7 Å². The fourth-order valence-electron chi connectivity index (χ4n) is 1.77. The number of aromatic nitrogens is 1. The fourth-order valence-corrected chi connectivity index (χ4v) is 1.98. The van der Waals surface area contributed by atoms with Crippen LogP contribution >= 0.6 is 11.6 Å². The van der Waals surface area contributed by atoms with Crippen molar-refractivity contribution >= 4 is 23.2 Å². The summed E-state index contributed by atoms with van der Waals surface area (Å²) in [7, 11) is 0. The van der Waals surface area contributed by atoms with E-state index in [0.29, 0.717) is 22.8 Å². The van der Waals surface area contributed by atoms with Crippen molar-refractivity contribution in [3.05, 3.63) is 58.4 Å². The Hall–Kier alpha value is -2.11. The minimum absolute atomic E-state index is 0.259. The van der Waals surface area contributed by atoms with Crippen molar-refractivity contribution in [3.8, 4) is 0 Å². The van der Waals surface area contributed by atoms with Gasteiger partial charge in [0, 0.05) is 23.5 Å². The van der Waals surface area contributed by atoms with Crippen molar-refractivity contribution in [2.75, 3.05) is 5.43 Å². The number of rotatable bonds is 4. The first-order valence-electron chi connectivity index (χ1n) is 6.06. The molecular formula is C14H15ClN4O. The van der Waals surface area contributed by atoms with Crippen LogP contribution in [0.25, 0.3) is 0 Å². The van der Waals surface area contributed by atoms with Crippen LogP contribution in [0.15, 0.2) is 36.5 Å². The second-order valence-corrected chi connectivity index (χ2v) is 4.70. The third kappa shape index (κ3) is 3.26. The lowest BCUT2D eigenvalue weighted by atomic mass is 10.2. The van der Waals surface area contributed by atoms with E-state index >= 15 is 0 Å². The molecule has 1 aromatic heterocycles. The van der Waals surface area contributed by atoms with Crippen molar-refractivity contribution in [3.63, 3.8) is 0 Å². The molecule has 5 nitrogen and oxygen atoms in total. The molecule has 0 aliphatic heterocycles. The predicted molar refractivity (Wildman–Crippen MR) is 79.4 cm³/mol. The average molecular weight is 291 g/mol. The van der Waals surface area contributed by atoms with E-state index in [0.717, 1.165) is 11.3 Å². The summed E-state index contributed by atoms with van der Waals surface area (Å²) in [5.41, 5.74) is 5.06. The minimum atomic E-state index is -0.259.